The Morgan fingerprint density at radius 2 is 1.59 bits per heavy atom. The van der Waals surface area contributed by atoms with E-state index < -0.39 is 0 Å². The number of aromatic nitrogens is 3. The third-order valence-corrected chi connectivity index (χ3v) is 8.70. The lowest BCUT2D eigenvalue weighted by Crippen LogP contribution is -2.53. The van der Waals surface area contributed by atoms with E-state index in [9.17, 15) is 4.79 Å². The van der Waals surface area contributed by atoms with Gasteiger partial charge in [0.2, 0.25) is 5.91 Å². The van der Waals surface area contributed by atoms with Gasteiger partial charge in [-0.25, -0.2) is 4.68 Å². The molecular formula is C27H30N4O. The molecule has 8 rings (SSSR count). The van der Waals surface area contributed by atoms with Crippen LogP contribution in [0.3, 0.4) is 0 Å². The Hall–Kier alpha value is -2.82. The van der Waals surface area contributed by atoms with Crippen LogP contribution in [0.25, 0.3) is 11.5 Å². The van der Waals surface area contributed by atoms with Crippen LogP contribution >= 0.6 is 0 Å². The van der Waals surface area contributed by atoms with Crippen molar-refractivity contribution in [2.24, 2.45) is 23.2 Å². The summed E-state index contributed by atoms with van der Waals surface area (Å²) in [4.78, 5) is 16.1. The highest BCUT2D eigenvalue weighted by atomic mass is 16.2. The number of hydrogen-bond acceptors (Lipinski definition) is 2. The molecule has 0 N–H and O–H groups in total. The summed E-state index contributed by atoms with van der Waals surface area (Å²) in [6.07, 6.45) is 11.6. The molecule has 3 aromatic rings. The van der Waals surface area contributed by atoms with Gasteiger partial charge in [0.15, 0.2) is 0 Å². The number of rotatable bonds is 3. The Balaban J connectivity index is 1.25. The van der Waals surface area contributed by atoms with Crippen LogP contribution in [0.4, 0.5) is 0 Å². The molecule has 164 valence electrons. The number of carbonyl (C=O) groups excluding carboxylic acids is 1. The minimum atomic E-state index is -0.0855. The summed E-state index contributed by atoms with van der Waals surface area (Å²) < 4.78 is 4.23. The van der Waals surface area contributed by atoms with E-state index >= 15 is 0 Å². The fraction of sp³-hybridized carbons (Fsp3) is 0.481. The van der Waals surface area contributed by atoms with Crippen molar-refractivity contribution in [2.45, 2.75) is 58.5 Å². The zero-order valence-electron chi connectivity index (χ0n) is 18.7. The molecular weight excluding hydrogens is 396 g/mol. The molecule has 0 spiro atoms. The topological polar surface area (TPSA) is 43.1 Å². The second-order valence-electron chi connectivity index (χ2n) is 10.9. The number of aryl methyl sites for hydroxylation is 1. The highest BCUT2D eigenvalue weighted by Crippen LogP contribution is 2.60. The Labute approximate surface area is 189 Å². The van der Waals surface area contributed by atoms with E-state index in [0.717, 1.165) is 54.2 Å². The molecule has 4 fully saturated rings. The van der Waals surface area contributed by atoms with Gasteiger partial charge >= 0.3 is 0 Å². The smallest absolute Gasteiger partial charge is 0.229 e. The first-order chi connectivity index (χ1) is 15.6. The normalized spacial score (nSPS) is 30.2. The maximum atomic E-state index is 14.0. The molecule has 32 heavy (non-hydrogen) atoms. The number of amides is 1. The predicted molar refractivity (Wildman–Crippen MR) is 122 cm³/mol. The van der Waals surface area contributed by atoms with Crippen molar-refractivity contribution >= 4 is 5.91 Å². The monoisotopic (exact) mass is 426 g/mol. The van der Waals surface area contributed by atoms with Crippen molar-refractivity contribution in [1.29, 1.82) is 0 Å². The lowest BCUT2D eigenvalue weighted by molar-refractivity contribution is -0.158. The van der Waals surface area contributed by atoms with Gasteiger partial charge in [0, 0.05) is 18.0 Å². The van der Waals surface area contributed by atoms with Crippen LogP contribution < -0.4 is 0 Å². The molecule has 4 saturated carbocycles. The van der Waals surface area contributed by atoms with E-state index in [0.29, 0.717) is 19.0 Å². The van der Waals surface area contributed by atoms with Gasteiger partial charge in [0.1, 0.15) is 5.82 Å². The summed E-state index contributed by atoms with van der Waals surface area (Å²) in [6.45, 7) is 3.45. The van der Waals surface area contributed by atoms with Gasteiger partial charge in [0.25, 0.3) is 0 Å². The zero-order chi connectivity index (χ0) is 21.4. The van der Waals surface area contributed by atoms with E-state index in [1.807, 2.05) is 0 Å². The van der Waals surface area contributed by atoms with Gasteiger partial charge in [-0.05, 0) is 87.0 Å². The molecule has 1 aromatic carbocycles. The van der Waals surface area contributed by atoms with E-state index in [-0.39, 0.29) is 5.41 Å². The number of para-hydroxylation sites is 1. The van der Waals surface area contributed by atoms with Gasteiger partial charge in [-0.1, -0.05) is 18.2 Å². The van der Waals surface area contributed by atoms with Crippen LogP contribution in [-0.2, 0) is 17.9 Å². The van der Waals surface area contributed by atoms with Gasteiger partial charge in [-0.15, -0.1) is 0 Å². The Kier molecular flexibility index (Phi) is 3.86. The molecule has 0 saturated heterocycles. The van der Waals surface area contributed by atoms with Crippen molar-refractivity contribution in [3.05, 3.63) is 65.6 Å². The highest BCUT2D eigenvalue weighted by molar-refractivity contribution is 5.84. The quantitative estimate of drug-likeness (QED) is 0.590. The van der Waals surface area contributed by atoms with Gasteiger partial charge in [-0.2, -0.15) is 5.10 Å². The third kappa shape index (κ3) is 2.63. The van der Waals surface area contributed by atoms with E-state index in [2.05, 4.69) is 69.9 Å². The summed E-state index contributed by atoms with van der Waals surface area (Å²) in [5.74, 6) is 3.85. The first kappa shape index (κ1) is 18.7. The predicted octanol–water partition coefficient (Wildman–Crippen LogP) is 5.03. The standard InChI is InChI=1S/C27H30N4O/c1-18-6-2-3-7-24(18)31-25(29-8-4-5-9-29)22-16-30(17-23(22)28-31)26(32)27-13-19-10-20(14-27)12-21(11-19)15-27/h2-9,19-21H,10-17H2,1H3. The number of nitrogens with zero attached hydrogens (tertiary/aromatic N) is 4. The summed E-state index contributed by atoms with van der Waals surface area (Å²) in [7, 11) is 0. The van der Waals surface area contributed by atoms with Crippen molar-refractivity contribution in [3.63, 3.8) is 0 Å². The van der Waals surface area contributed by atoms with Gasteiger partial charge in [-0.3, -0.25) is 4.79 Å². The highest BCUT2D eigenvalue weighted by Gasteiger charge is 2.56. The molecule has 0 unspecified atom stereocenters. The van der Waals surface area contributed by atoms with Crippen LogP contribution in [0.1, 0.15) is 55.3 Å². The average Bonchev–Trinajstić information content (AvgIpc) is 3.48. The minimum absolute atomic E-state index is 0.0855. The van der Waals surface area contributed by atoms with Crippen LogP contribution in [-0.4, -0.2) is 25.2 Å². The molecule has 4 aliphatic carbocycles. The lowest BCUT2D eigenvalue weighted by Gasteiger charge is -2.56. The van der Waals surface area contributed by atoms with Crippen molar-refractivity contribution in [2.75, 3.05) is 0 Å². The zero-order valence-corrected chi connectivity index (χ0v) is 18.7. The number of benzene rings is 1. The van der Waals surface area contributed by atoms with Crippen LogP contribution in [0.2, 0.25) is 0 Å². The van der Waals surface area contributed by atoms with Crippen LogP contribution in [0.5, 0.6) is 0 Å². The summed E-state index contributed by atoms with van der Waals surface area (Å²) in [5, 5.41) is 5.06. The minimum Gasteiger partial charge on any atom is -0.332 e. The lowest BCUT2D eigenvalue weighted by atomic mass is 9.49. The first-order valence-electron chi connectivity index (χ1n) is 12.2. The third-order valence-electron chi connectivity index (χ3n) is 8.70. The molecule has 1 aliphatic heterocycles. The average molecular weight is 427 g/mol. The second kappa shape index (κ2) is 6.60. The van der Waals surface area contributed by atoms with E-state index in [4.69, 9.17) is 5.10 Å². The SMILES string of the molecule is Cc1ccccc1-n1nc2c(c1-n1cccc1)CN(C(=O)C13CC4CC(CC(C4)C1)C3)C2. The largest absolute Gasteiger partial charge is 0.332 e. The van der Waals surface area contributed by atoms with Crippen molar-refractivity contribution < 1.29 is 4.79 Å². The maximum Gasteiger partial charge on any atom is 0.229 e. The van der Waals surface area contributed by atoms with Crippen molar-refractivity contribution in [1.82, 2.24) is 19.2 Å². The molecule has 3 heterocycles. The van der Waals surface area contributed by atoms with E-state index in [1.54, 1.807) is 0 Å². The Morgan fingerprint density at radius 3 is 2.25 bits per heavy atom. The van der Waals surface area contributed by atoms with Gasteiger partial charge < -0.3 is 9.47 Å². The molecule has 0 atom stereocenters. The number of carbonyl (C=O) groups is 1. The number of hydrogen-bond donors (Lipinski definition) is 0. The Bertz CT molecular complexity index is 1170. The summed E-state index contributed by atoms with van der Waals surface area (Å²) in [5.41, 5.74) is 4.46. The van der Waals surface area contributed by atoms with Crippen LogP contribution in [0, 0.1) is 30.1 Å². The Morgan fingerprint density at radius 1 is 0.938 bits per heavy atom. The second-order valence-corrected chi connectivity index (χ2v) is 10.9. The molecule has 1 amide bonds. The van der Waals surface area contributed by atoms with Crippen LogP contribution in [0.15, 0.2) is 48.8 Å². The molecule has 4 bridgehead atoms. The molecule has 2 aromatic heterocycles. The molecule has 5 nitrogen and oxygen atoms in total. The first-order valence-corrected chi connectivity index (χ1v) is 12.2. The molecule has 5 aliphatic rings. The fourth-order valence-corrected chi connectivity index (χ4v) is 7.76. The van der Waals surface area contributed by atoms with E-state index in [1.165, 1.54) is 30.4 Å². The maximum absolute atomic E-state index is 14.0. The summed E-state index contributed by atoms with van der Waals surface area (Å²) in [6, 6.07) is 12.5. The summed E-state index contributed by atoms with van der Waals surface area (Å²) >= 11 is 0. The van der Waals surface area contributed by atoms with Gasteiger partial charge in [0.05, 0.1) is 29.9 Å². The molecule has 0 radical (unpaired) electrons. The van der Waals surface area contributed by atoms with Crippen molar-refractivity contribution in [3.8, 4) is 11.5 Å². The fourth-order valence-electron chi connectivity index (χ4n) is 7.76. The molecule has 5 heteroatoms. The number of fused-ring (bicyclic) bond motifs is 1.